The maximum Gasteiger partial charge on any atom is 0.239 e. The number of carbonyl (C=O) groups excluding carboxylic acids is 1. The minimum absolute atomic E-state index is 0.0353. The van der Waals surface area contributed by atoms with E-state index in [2.05, 4.69) is 11.9 Å². The molecular formula is C11H20N2O. The minimum Gasteiger partial charge on any atom is -0.340 e. The average molecular weight is 196 g/mol. The van der Waals surface area contributed by atoms with Crippen molar-refractivity contribution >= 4 is 5.91 Å². The number of hydrogen-bond acceptors (Lipinski definition) is 2. The third-order valence-electron chi connectivity index (χ3n) is 2.49. The van der Waals surface area contributed by atoms with Crippen molar-refractivity contribution in [2.75, 3.05) is 20.1 Å². The number of nitrogens with one attached hydrogen (secondary N) is 1. The first-order valence-electron chi connectivity index (χ1n) is 5.24. The number of amides is 1. The number of rotatable bonds is 3. The molecule has 14 heavy (non-hydrogen) atoms. The maximum absolute atomic E-state index is 11.9. The Morgan fingerprint density at radius 3 is 2.79 bits per heavy atom. The van der Waals surface area contributed by atoms with Crippen LogP contribution in [0.5, 0.6) is 0 Å². The van der Waals surface area contributed by atoms with Gasteiger partial charge in [-0.15, -0.1) is 0 Å². The molecule has 1 aliphatic heterocycles. The summed E-state index contributed by atoms with van der Waals surface area (Å²) < 4.78 is 0. The van der Waals surface area contributed by atoms with Gasteiger partial charge in [0.15, 0.2) is 0 Å². The van der Waals surface area contributed by atoms with Crippen molar-refractivity contribution in [2.45, 2.75) is 32.2 Å². The highest BCUT2D eigenvalue weighted by molar-refractivity contribution is 5.81. The zero-order chi connectivity index (χ0) is 10.6. The molecule has 0 saturated carbocycles. The number of nitrogens with zero attached hydrogens (tertiary/aromatic N) is 1. The highest BCUT2D eigenvalue weighted by Crippen LogP contribution is 2.09. The van der Waals surface area contributed by atoms with Gasteiger partial charge >= 0.3 is 0 Å². The van der Waals surface area contributed by atoms with E-state index in [4.69, 9.17) is 0 Å². The lowest BCUT2D eigenvalue weighted by Crippen LogP contribution is -2.47. The molecule has 1 N–H and O–H groups in total. The molecule has 3 heteroatoms. The SMILES string of the molecule is C=C(C)CN(C)C(=O)[C@H]1CCCCN1. The van der Waals surface area contributed by atoms with Gasteiger partial charge in [-0.2, -0.15) is 0 Å². The van der Waals surface area contributed by atoms with E-state index >= 15 is 0 Å². The molecule has 1 aliphatic rings. The molecule has 0 radical (unpaired) electrons. The van der Waals surface area contributed by atoms with Gasteiger partial charge in [0.1, 0.15) is 0 Å². The summed E-state index contributed by atoms with van der Waals surface area (Å²) in [5.74, 6) is 0.202. The Balaban J connectivity index is 2.42. The summed E-state index contributed by atoms with van der Waals surface area (Å²) in [6, 6.07) is 0.0353. The summed E-state index contributed by atoms with van der Waals surface area (Å²) >= 11 is 0. The second-order valence-electron chi connectivity index (χ2n) is 4.15. The lowest BCUT2D eigenvalue weighted by molar-refractivity contribution is -0.132. The molecule has 1 amide bonds. The van der Waals surface area contributed by atoms with Crippen molar-refractivity contribution in [3.05, 3.63) is 12.2 Å². The summed E-state index contributed by atoms with van der Waals surface area (Å²) in [7, 11) is 1.84. The van der Waals surface area contributed by atoms with Crippen LogP contribution in [0, 0.1) is 0 Å². The van der Waals surface area contributed by atoms with Gasteiger partial charge in [0, 0.05) is 13.6 Å². The fourth-order valence-electron chi connectivity index (χ4n) is 1.81. The molecule has 0 aromatic heterocycles. The van der Waals surface area contributed by atoms with E-state index in [1.54, 1.807) is 4.90 Å². The van der Waals surface area contributed by atoms with Gasteiger partial charge in [-0.3, -0.25) is 4.79 Å². The molecule has 0 unspecified atom stereocenters. The van der Waals surface area contributed by atoms with Crippen molar-refractivity contribution in [2.24, 2.45) is 0 Å². The molecule has 0 aromatic rings. The predicted octanol–water partition coefficient (Wildman–Crippen LogP) is 1.16. The van der Waals surface area contributed by atoms with Gasteiger partial charge in [0.05, 0.1) is 6.04 Å². The highest BCUT2D eigenvalue weighted by Gasteiger charge is 2.23. The topological polar surface area (TPSA) is 32.3 Å². The van der Waals surface area contributed by atoms with E-state index < -0.39 is 0 Å². The Kier molecular flexibility index (Phi) is 4.14. The zero-order valence-corrected chi connectivity index (χ0v) is 9.18. The number of hydrogen-bond donors (Lipinski definition) is 1. The van der Waals surface area contributed by atoms with Gasteiger partial charge < -0.3 is 10.2 Å². The van der Waals surface area contributed by atoms with Crippen molar-refractivity contribution in [1.29, 1.82) is 0 Å². The first-order chi connectivity index (χ1) is 6.61. The van der Waals surface area contributed by atoms with E-state index in [9.17, 15) is 4.79 Å². The molecule has 80 valence electrons. The summed E-state index contributed by atoms with van der Waals surface area (Å²) in [5.41, 5.74) is 1.02. The van der Waals surface area contributed by atoms with Gasteiger partial charge in [0.25, 0.3) is 0 Å². The van der Waals surface area contributed by atoms with Crippen LogP contribution in [0.4, 0.5) is 0 Å². The predicted molar refractivity (Wildman–Crippen MR) is 58.1 cm³/mol. The van der Waals surface area contributed by atoms with Crippen LogP contribution in [0.25, 0.3) is 0 Å². The van der Waals surface area contributed by atoms with E-state index in [1.807, 2.05) is 14.0 Å². The third kappa shape index (κ3) is 3.14. The molecule has 0 spiro atoms. The Bertz CT molecular complexity index is 219. The standard InChI is InChI=1S/C11H20N2O/c1-9(2)8-13(3)11(14)10-6-4-5-7-12-10/h10,12H,1,4-8H2,2-3H3/t10-/m1/s1. The summed E-state index contributed by atoms with van der Waals surface area (Å²) in [6.45, 7) is 7.38. The normalized spacial score (nSPS) is 21.7. The molecule has 0 aliphatic carbocycles. The van der Waals surface area contributed by atoms with Crippen LogP contribution in [0.1, 0.15) is 26.2 Å². The van der Waals surface area contributed by atoms with Crippen LogP contribution < -0.4 is 5.32 Å². The highest BCUT2D eigenvalue weighted by atomic mass is 16.2. The molecule has 3 nitrogen and oxygen atoms in total. The molecular weight excluding hydrogens is 176 g/mol. The van der Waals surface area contributed by atoms with Crippen molar-refractivity contribution in [3.63, 3.8) is 0 Å². The van der Waals surface area contributed by atoms with Crippen LogP contribution in [-0.2, 0) is 4.79 Å². The number of piperidine rings is 1. The van der Waals surface area contributed by atoms with Crippen LogP contribution in [0.15, 0.2) is 12.2 Å². The van der Waals surface area contributed by atoms with Gasteiger partial charge in [-0.05, 0) is 26.3 Å². The zero-order valence-electron chi connectivity index (χ0n) is 9.18. The molecule has 1 atom stereocenters. The van der Waals surface area contributed by atoms with Gasteiger partial charge in [-0.1, -0.05) is 18.6 Å². The number of likely N-dealkylation sites (N-methyl/N-ethyl adjacent to an activating group) is 1. The van der Waals surface area contributed by atoms with Gasteiger partial charge in [0.2, 0.25) is 5.91 Å². The lowest BCUT2D eigenvalue weighted by Gasteiger charge is -2.27. The smallest absolute Gasteiger partial charge is 0.239 e. The largest absolute Gasteiger partial charge is 0.340 e. The number of carbonyl (C=O) groups is 1. The van der Waals surface area contributed by atoms with E-state index in [-0.39, 0.29) is 11.9 Å². The fraction of sp³-hybridized carbons (Fsp3) is 0.727. The van der Waals surface area contributed by atoms with Crippen molar-refractivity contribution in [1.82, 2.24) is 10.2 Å². The van der Waals surface area contributed by atoms with Crippen molar-refractivity contribution in [3.8, 4) is 0 Å². The van der Waals surface area contributed by atoms with Crippen LogP contribution in [-0.4, -0.2) is 37.0 Å². The second kappa shape index (κ2) is 5.15. The quantitative estimate of drug-likeness (QED) is 0.687. The Hall–Kier alpha value is -0.830. The maximum atomic E-state index is 11.9. The van der Waals surface area contributed by atoms with E-state index in [0.29, 0.717) is 6.54 Å². The molecule has 1 heterocycles. The molecule has 1 saturated heterocycles. The van der Waals surface area contributed by atoms with Gasteiger partial charge in [-0.25, -0.2) is 0 Å². The minimum atomic E-state index is 0.0353. The Morgan fingerprint density at radius 2 is 2.29 bits per heavy atom. The van der Waals surface area contributed by atoms with Crippen molar-refractivity contribution < 1.29 is 4.79 Å². The van der Waals surface area contributed by atoms with Crippen LogP contribution in [0.3, 0.4) is 0 Å². The summed E-state index contributed by atoms with van der Waals surface area (Å²) in [4.78, 5) is 13.6. The first-order valence-corrected chi connectivity index (χ1v) is 5.24. The third-order valence-corrected chi connectivity index (χ3v) is 2.49. The Morgan fingerprint density at radius 1 is 1.57 bits per heavy atom. The molecule has 1 fully saturated rings. The van der Waals surface area contributed by atoms with E-state index in [1.165, 1.54) is 6.42 Å². The molecule has 0 bridgehead atoms. The second-order valence-corrected chi connectivity index (χ2v) is 4.15. The van der Waals surface area contributed by atoms with Crippen LogP contribution >= 0.6 is 0 Å². The van der Waals surface area contributed by atoms with Crippen LogP contribution in [0.2, 0.25) is 0 Å². The fourth-order valence-corrected chi connectivity index (χ4v) is 1.81. The molecule has 0 aromatic carbocycles. The first kappa shape index (κ1) is 11.2. The van der Waals surface area contributed by atoms with E-state index in [0.717, 1.165) is 25.0 Å². The molecule has 1 rings (SSSR count). The Labute approximate surface area is 86.2 Å². The lowest BCUT2D eigenvalue weighted by atomic mass is 10.0. The monoisotopic (exact) mass is 196 g/mol. The summed E-state index contributed by atoms with van der Waals surface area (Å²) in [6.07, 6.45) is 3.32. The summed E-state index contributed by atoms with van der Waals surface area (Å²) in [5, 5.41) is 3.25. The average Bonchev–Trinajstić information content (AvgIpc) is 2.17.